The number of benzene rings is 1. The van der Waals surface area contributed by atoms with Crippen LogP contribution in [0, 0.1) is 0 Å². The first-order valence-electron chi connectivity index (χ1n) is 8.02. The lowest BCUT2D eigenvalue weighted by Gasteiger charge is -2.00. The summed E-state index contributed by atoms with van der Waals surface area (Å²) in [6, 6.07) is 7.40. The van der Waals surface area contributed by atoms with Gasteiger partial charge in [-0.2, -0.15) is 0 Å². The average Bonchev–Trinajstić information content (AvgIpc) is 3.17. The van der Waals surface area contributed by atoms with Crippen LogP contribution in [0.5, 0.6) is 0 Å². The first-order valence-corrected chi connectivity index (χ1v) is 9.21. The van der Waals surface area contributed by atoms with Crippen molar-refractivity contribution in [1.29, 1.82) is 0 Å². The van der Waals surface area contributed by atoms with Crippen molar-refractivity contribution < 1.29 is 9.21 Å². The van der Waals surface area contributed by atoms with Crippen molar-refractivity contribution in [3.8, 4) is 11.3 Å². The number of aromatic nitrogens is 3. The Morgan fingerprint density at radius 2 is 2.16 bits per heavy atom. The predicted octanol–water partition coefficient (Wildman–Crippen LogP) is 4.30. The van der Waals surface area contributed by atoms with Crippen LogP contribution in [0.3, 0.4) is 0 Å². The summed E-state index contributed by atoms with van der Waals surface area (Å²) in [5.41, 5.74) is 0.786. The van der Waals surface area contributed by atoms with Gasteiger partial charge in [-0.05, 0) is 25.0 Å². The van der Waals surface area contributed by atoms with Crippen molar-refractivity contribution in [2.45, 2.75) is 31.6 Å². The van der Waals surface area contributed by atoms with Gasteiger partial charge in [0.15, 0.2) is 11.7 Å². The number of carbonyl (C=O) groups excluding carboxylic acids is 1. The van der Waals surface area contributed by atoms with Crippen molar-refractivity contribution in [3.05, 3.63) is 46.4 Å². The second-order valence-corrected chi connectivity index (χ2v) is 7.28. The summed E-state index contributed by atoms with van der Waals surface area (Å²) in [4.78, 5) is 16.3. The third kappa shape index (κ3) is 3.88. The smallest absolute Gasteiger partial charge is 0.226 e. The Hall–Kier alpha value is -2.25. The Morgan fingerprint density at radius 1 is 1.32 bits per heavy atom. The molecule has 2 heterocycles. The van der Waals surface area contributed by atoms with Crippen LogP contribution in [-0.4, -0.2) is 21.1 Å². The summed E-state index contributed by atoms with van der Waals surface area (Å²) in [5, 5.41) is 13.1. The first kappa shape index (κ1) is 16.2. The molecule has 6 nitrogen and oxygen atoms in total. The van der Waals surface area contributed by atoms with Gasteiger partial charge in [-0.15, -0.1) is 10.2 Å². The zero-order valence-corrected chi connectivity index (χ0v) is 14.8. The van der Waals surface area contributed by atoms with E-state index in [9.17, 15) is 4.79 Å². The molecule has 0 aliphatic heterocycles. The number of aryl methyl sites for hydroxylation is 1. The van der Waals surface area contributed by atoms with Gasteiger partial charge in [0.25, 0.3) is 0 Å². The van der Waals surface area contributed by atoms with Crippen molar-refractivity contribution in [3.63, 3.8) is 0 Å². The van der Waals surface area contributed by atoms with Crippen molar-refractivity contribution in [2.75, 3.05) is 5.32 Å². The van der Waals surface area contributed by atoms with E-state index in [-0.39, 0.29) is 12.3 Å². The molecule has 0 radical (unpaired) electrons. The lowest BCUT2D eigenvalue weighted by Crippen LogP contribution is -2.12. The van der Waals surface area contributed by atoms with Crippen molar-refractivity contribution >= 4 is 34.0 Å². The van der Waals surface area contributed by atoms with Crippen LogP contribution in [0.2, 0.25) is 5.02 Å². The predicted molar refractivity (Wildman–Crippen MR) is 95.8 cm³/mol. The van der Waals surface area contributed by atoms with Crippen LogP contribution in [-0.2, 0) is 11.2 Å². The molecule has 2 aromatic heterocycles. The molecule has 0 unspecified atom stereocenters. The molecule has 1 saturated carbocycles. The monoisotopic (exact) mass is 374 g/mol. The Kier molecular flexibility index (Phi) is 4.50. The van der Waals surface area contributed by atoms with E-state index in [1.54, 1.807) is 12.3 Å². The SMILES string of the molecule is O=C(CCc1ncc(-c2ccccc2Cl)o1)Nc1nnc(C2CC2)s1. The molecule has 1 N–H and O–H groups in total. The summed E-state index contributed by atoms with van der Waals surface area (Å²) in [6.45, 7) is 0. The fourth-order valence-corrected chi connectivity index (χ4v) is 3.55. The maximum atomic E-state index is 12.0. The normalized spacial score (nSPS) is 13.8. The van der Waals surface area contributed by atoms with Crippen LogP contribution in [0.15, 0.2) is 34.9 Å². The van der Waals surface area contributed by atoms with Gasteiger partial charge in [0.05, 0.1) is 11.2 Å². The van der Waals surface area contributed by atoms with Crippen molar-refractivity contribution in [1.82, 2.24) is 15.2 Å². The molecule has 0 spiro atoms. The molecule has 128 valence electrons. The first-order chi connectivity index (χ1) is 12.2. The minimum atomic E-state index is -0.129. The molecule has 1 aliphatic carbocycles. The number of anilines is 1. The molecule has 4 rings (SSSR count). The molecular weight excluding hydrogens is 360 g/mol. The van der Waals surface area contributed by atoms with E-state index in [0.717, 1.165) is 10.6 Å². The van der Waals surface area contributed by atoms with Gasteiger partial charge in [-0.3, -0.25) is 4.79 Å². The van der Waals surface area contributed by atoms with E-state index in [1.165, 1.54) is 24.2 Å². The molecule has 1 aliphatic rings. The van der Waals surface area contributed by atoms with Gasteiger partial charge in [-0.1, -0.05) is 35.1 Å². The highest BCUT2D eigenvalue weighted by Crippen LogP contribution is 2.42. The van der Waals surface area contributed by atoms with E-state index in [0.29, 0.717) is 34.1 Å². The fraction of sp³-hybridized carbons (Fsp3) is 0.294. The van der Waals surface area contributed by atoms with Crippen LogP contribution >= 0.6 is 22.9 Å². The minimum absolute atomic E-state index is 0.129. The lowest BCUT2D eigenvalue weighted by molar-refractivity contribution is -0.116. The van der Waals surface area contributed by atoms with E-state index in [4.69, 9.17) is 16.0 Å². The van der Waals surface area contributed by atoms with Crippen LogP contribution < -0.4 is 5.32 Å². The second-order valence-electron chi connectivity index (χ2n) is 5.87. The third-order valence-corrected chi connectivity index (χ3v) is 5.20. The van der Waals surface area contributed by atoms with E-state index in [1.807, 2.05) is 18.2 Å². The Bertz CT molecular complexity index is 903. The fourth-order valence-electron chi connectivity index (χ4n) is 2.39. The van der Waals surface area contributed by atoms with Gasteiger partial charge in [-0.25, -0.2) is 4.98 Å². The maximum absolute atomic E-state index is 12.0. The summed E-state index contributed by atoms with van der Waals surface area (Å²) >= 11 is 7.60. The van der Waals surface area contributed by atoms with Crippen LogP contribution in [0.1, 0.15) is 36.1 Å². The molecule has 3 aromatic rings. The maximum Gasteiger partial charge on any atom is 0.226 e. The van der Waals surface area contributed by atoms with Gasteiger partial charge >= 0.3 is 0 Å². The Balaban J connectivity index is 1.33. The van der Waals surface area contributed by atoms with Crippen molar-refractivity contribution in [2.24, 2.45) is 0 Å². The molecule has 1 amide bonds. The number of amides is 1. The van der Waals surface area contributed by atoms with Gasteiger partial charge in [0.2, 0.25) is 11.0 Å². The van der Waals surface area contributed by atoms with Gasteiger partial charge in [0, 0.05) is 24.3 Å². The lowest BCUT2D eigenvalue weighted by atomic mass is 10.2. The molecule has 25 heavy (non-hydrogen) atoms. The molecular formula is C17H15ClN4O2S. The summed E-state index contributed by atoms with van der Waals surface area (Å²) in [7, 11) is 0. The van der Waals surface area contributed by atoms with Gasteiger partial charge < -0.3 is 9.73 Å². The topological polar surface area (TPSA) is 80.9 Å². The largest absolute Gasteiger partial charge is 0.441 e. The standard InChI is InChI=1S/C17H15ClN4O2S/c18-12-4-2-1-3-11(12)13-9-19-15(24-13)8-7-14(23)20-17-22-21-16(25-17)10-5-6-10/h1-4,9-10H,5-8H2,(H,20,22,23). The molecule has 1 aromatic carbocycles. The highest BCUT2D eigenvalue weighted by Gasteiger charge is 2.27. The summed E-state index contributed by atoms with van der Waals surface area (Å²) in [5.74, 6) is 1.51. The zero-order chi connectivity index (χ0) is 17.2. The molecule has 0 saturated heterocycles. The number of nitrogens with zero attached hydrogens (tertiary/aromatic N) is 3. The number of rotatable bonds is 6. The average molecular weight is 375 g/mol. The highest BCUT2D eigenvalue weighted by molar-refractivity contribution is 7.15. The van der Waals surface area contributed by atoms with Crippen LogP contribution in [0.25, 0.3) is 11.3 Å². The number of carbonyl (C=O) groups is 1. The third-order valence-electron chi connectivity index (χ3n) is 3.87. The summed E-state index contributed by atoms with van der Waals surface area (Å²) in [6.07, 6.45) is 4.63. The number of halogens is 1. The Labute approximate surface area is 153 Å². The van der Waals surface area contributed by atoms with E-state index >= 15 is 0 Å². The van der Waals surface area contributed by atoms with E-state index < -0.39 is 0 Å². The number of oxazole rings is 1. The second kappa shape index (κ2) is 6.93. The number of hydrogen-bond donors (Lipinski definition) is 1. The number of nitrogens with one attached hydrogen (secondary N) is 1. The minimum Gasteiger partial charge on any atom is -0.441 e. The Morgan fingerprint density at radius 3 is 2.96 bits per heavy atom. The van der Waals surface area contributed by atoms with E-state index in [2.05, 4.69) is 20.5 Å². The van der Waals surface area contributed by atoms with Crippen LogP contribution in [0.4, 0.5) is 5.13 Å². The molecule has 1 fully saturated rings. The molecule has 0 atom stereocenters. The zero-order valence-electron chi connectivity index (χ0n) is 13.2. The summed E-state index contributed by atoms with van der Waals surface area (Å²) < 4.78 is 5.69. The number of hydrogen-bond acceptors (Lipinski definition) is 6. The van der Waals surface area contributed by atoms with Gasteiger partial charge in [0.1, 0.15) is 5.01 Å². The molecule has 0 bridgehead atoms. The quantitative estimate of drug-likeness (QED) is 0.695. The molecule has 8 heteroatoms. The highest BCUT2D eigenvalue weighted by atomic mass is 35.5.